The molecule has 1 heterocycles. The van der Waals surface area contributed by atoms with Crippen LogP contribution in [0.15, 0.2) is 12.8 Å². The van der Waals surface area contributed by atoms with Gasteiger partial charge in [0.2, 0.25) is 0 Å². The van der Waals surface area contributed by atoms with Crippen LogP contribution in [0.4, 0.5) is 0 Å². The molecule has 0 N–H and O–H groups in total. The maximum atomic E-state index is 5.29. The molecule has 0 aromatic carbocycles. The van der Waals surface area contributed by atoms with E-state index in [1.807, 2.05) is 0 Å². The van der Waals surface area contributed by atoms with Gasteiger partial charge in [0.15, 0.2) is 0 Å². The van der Waals surface area contributed by atoms with Gasteiger partial charge in [-0.1, -0.05) is 6.58 Å². The van der Waals surface area contributed by atoms with Gasteiger partial charge in [0.25, 0.3) is 0 Å². The van der Waals surface area contributed by atoms with Crippen LogP contribution in [-0.2, 0) is 9.47 Å². The molecule has 1 atom stereocenters. The lowest BCUT2D eigenvalue weighted by Crippen LogP contribution is -2.14. The first-order chi connectivity index (χ1) is 4.93. The van der Waals surface area contributed by atoms with Crippen LogP contribution < -0.4 is 0 Å². The van der Waals surface area contributed by atoms with Crippen molar-refractivity contribution in [3.05, 3.63) is 12.8 Å². The molecule has 2 heteroatoms. The van der Waals surface area contributed by atoms with Crippen LogP contribution in [0.2, 0.25) is 0 Å². The first-order valence-corrected chi connectivity index (χ1v) is 3.77. The van der Waals surface area contributed by atoms with E-state index in [4.69, 9.17) is 9.47 Å². The minimum atomic E-state index is 0.250. The molecule has 0 saturated carbocycles. The highest BCUT2D eigenvalue weighted by Gasteiger charge is 2.11. The molecule has 1 aliphatic rings. The molecule has 58 valence electrons. The fourth-order valence-corrected chi connectivity index (χ4v) is 1.12. The van der Waals surface area contributed by atoms with Gasteiger partial charge in [-0.15, -0.1) is 0 Å². The summed E-state index contributed by atoms with van der Waals surface area (Å²) in [6.45, 7) is 5.12. The van der Waals surface area contributed by atoms with Crippen LogP contribution in [0.5, 0.6) is 0 Å². The molecular weight excluding hydrogens is 128 g/mol. The van der Waals surface area contributed by atoms with Gasteiger partial charge in [-0.2, -0.15) is 0 Å². The molecule has 1 unspecified atom stereocenters. The molecule has 1 rings (SSSR count). The molecule has 2 nitrogen and oxygen atoms in total. The maximum Gasteiger partial charge on any atom is 0.121 e. The summed E-state index contributed by atoms with van der Waals surface area (Å²) in [5, 5.41) is 0. The molecule has 0 aromatic rings. The highest BCUT2D eigenvalue weighted by molar-refractivity contribution is 4.64. The van der Waals surface area contributed by atoms with Gasteiger partial charge in [0.1, 0.15) is 6.10 Å². The zero-order valence-corrected chi connectivity index (χ0v) is 6.21. The van der Waals surface area contributed by atoms with Crippen molar-refractivity contribution in [2.24, 2.45) is 0 Å². The second kappa shape index (κ2) is 4.34. The van der Waals surface area contributed by atoms with Crippen LogP contribution in [0.25, 0.3) is 0 Å². The second-order valence-corrected chi connectivity index (χ2v) is 2.50. The molecule has 0 aliphatic carbocycles. The molecule has 0 radical (unpaired) electrons. The van der Waals surface area contributed by atoms with Crippen molar-refractivity contribution in [3.63, 3.8) is 0 Å². The van der Waals surface area contributed by atoms with E-state index in [-0.39, 0.29) is 6.10 Å². The van der Waals surface area contributed by atoms with Crippen LogP contribution in [0, 0.1) is 0 Å². The molecule has 10 heavy (non-hydrogen) atoms. The number of hydrogen-bond acceptors (Lipinski definition) is 2. The molecule has 0 aromatic heterocycles. The van der Waals surface area contributed by atoms with Gasteiger partial charge in [-0.3, -0.25) is 0 Å². The third-order valence-electron chi connectivity index (χ3n) is 1.66. The standard InChI is InChI=1S/C8H14O2/c1-2-10-8-5-3-4-6-9-7-8/h2,8H,1,3-7H2. The van der Waals surface area contributed by atoms with E-state index in [2.05, 4.69) is 6.58 Å². The van der Waals surface area contributed by atoms with Crippen molar-refractivity contribution in [2.45, 2.75) is 25.4 Å². The number of hydrogen-bond donors (Lipinski definition) is 0. The Hall–Kier alpha value is -0.500. The molecule has 1 fully saturated rings. The molecule has 1 saturated heterocycles. The van der Waals surface area contributed by atoms with Crippen molar-refractivity contribution < 1.29 is 9.47 Å². The van der Waals surface area contributed by atoms with Crippen LogP contribution in [0.3, 0.4) is 0 Å². The third-order valence-corrected chi connectivity index (χ3v) is 1.66. The predicted octanol–water partition coefficient (Wildman–Crippen LogP) is 1.72. The van der Waals surface area contributed by atoms with E-state index in [1.165, 1.54) is 12.7 Å². The Balaban J connectivity index is 2.21. The average molecular weight is 142 g/mol. The lowest BCUT2D eigenvalue weighted by atomic mass is 10.2. The predicted molar refractivity (Wildman–Crippen MR) is 39.7 cm³/mol. The van der Waals surface area contributed by atoms with Gasteiger partial charge >= 0.3 is 0 Å². The minimum Gasteiger partial charge on any atom is -0.496 e. The quantitative estimate of drug-likeness (QED) is 0.546. The third kappa shape index (κ3) is 2.40. The van der Waals surface area contributed by atoms with Crippen molar-refractivity contribution >= 4 is 0 Å². The summed E-state index contributed by atoms with van der Waals surface area (Å²) in [5.74, 6) is 0. The highest BCUT2D eigenvalue weighted by Crippen LogP contribution is 2.10. The summed E-state index contributed by atoms with van der Waals surface area (Å²) in [6, 6.07) is 0. The molecule has 0 spiro atoms. The Bertz CT molecular complexity index is 93.4. The molecule has 0 amide bonds. The van der Waals surface area contributed by atoms with Crippen molar-refractivity contribution in [1.82, 2.24) is 0 Å². The summed E-state index contributed by atoms with van der Waals surface area (Å²) < 4.78 is 10.5. The van der Waals surface area contributed by atoms with E-state index in [9.17, 15) is 0 Å². The van der Waals surface area contributed by atoms with Gasteiger partial charge in [-0.25, -0.2) is 0 Å². The zero-order valence-electron chi connectivity index (χ0n) is 6.21. The van der Waals surface area contributed by atoms with Crippen molar-refractivity contribution in [3.8, 4) is 0 Å². The Morgan fingerprint density at radius 2 is 2.40 bits per heavy atom. The summed E-state index contributed by atoms with van der Waals surface area (Å²) in [4.78, 5) is 0. The summed E-state index contributed by atoms with van der Waals surface area (Å²) >= 11 is 0. The average Bonchev–Trinajstić information content (AvgIpc) is 2.17. The fraction of sp³-hybridized carbons (Fsp3) is 0.750. The largest absolute Gasteiger partial charge is 0.496 e. The SMILES string of the molecule is C=COC1CCCCOC1. The Kier molecular flexibility index (Phi) is 3.30. The monoisotopic (exact) mass is 142 g/mol. The maximum absolute atomic E-state index is 5.29. The van der Waals surface area contributed by atoms with E-state index in [0.717, 1.165) is 26.1 Å². The summed E-state index contributed by atoms with van der Waals surface area (Å²) in [7, 11) is 0. The Morgan fingerprint density at radius 3 is 3.20 bits per heavy atom. The highest BCUT2D eigenvalue weighted by atomic mass is 16.5. The molecule has 1 aliphatic heterocycles. The molecular formula is C8H14O2. The Morgan fingerprint density at radius 1 is 1.50 bits per heavy atom. The van der Waals surface area contributed by atoms with E-state index in [0.29, 0.717) is 0 Å². The number of rotatable bonds is 2. The second-order valence-electron chi connectivity index (χ2n) is 2.50. The first kappa shape index (κ1) is 7.61. The normalized spacial score (nSPS) is 27.0. The topological polar surface area (TPSA) is 18.5 Å². The number of ether oxygens (including phenoxy) is 2. The van der Waals surface area contributed by atoms with Gasteiger partial charge in [0.05, 0.1) is 12.9 Å². The lowest BCUT2D eigenvalue weighted by Gasteiger charge is -2.11. The smallest absolute Gasteiger partial charge is 0.121 e. The van der Waals surface area contributed by atoms with Crippen LogP contribution >= 0.6 is 0 Å². The first-order valence-electron chi connectivity index (χ1n) is 3.77. The minimum absolute atomic E-state index is 0.250. The van der Waals surface area contributed by atoms with Crippen molar-refractivity contribution in [1.29, 1.82) is 0 Å². The van der Waals surface area contributed by atoms with E-state index < -0.39 is 0 Å². The summed E-state index contributed by atoms with van der Waals surface area (Å²) in [6.07, 6.45) is 5.22. The van der Waals surface area contributed by atoms with Crippen LogP contribution in [0.1, 0.15) is 19.3 Å². The zero-order chi connectivity index (χ0) is 7.23. The van der Waals surface area contributed by atoms with Gasteiger partial charge < -0.3 is 9.47 Å². The van der Waals surface area contributed by atoms with Crippen molar-refractivity contribution in [2.75, 3.05) is 13.2 Å². The van der Waals surface area contributed by atoms with E-state index >= 15 is 0 Å². The van der Waals surface area contributed by atoms with E-state index in [1.54, 1.807) is 0 Å². The fourth-order valence-electron chi connectivity index (χ4n) is 1.12. The van der Waals surface area contributed by atoms with Crippen LogP contribution in [-0.4, -0.2) is 19.3 Å². The van der Waals surface area contributed by atoms with Gasteiger partial charge in [0, 0.05) is 6.61 Å². The molecule has 0 bridgehead atoms. The summed E-state index contributed by atoms with van der Waals surface area (Å²) in [5.41, 5.74) is 0. The van der Waals surface area contributed by atoms with Gasteiger partial charge in [-0.05, 0) is 19.3 Å². The lowest BCUT2D eigenvalue weighted by molar-refractivity contribution is 0.0409. The Labute approximate surface area is 61.8 Å².